The maximum absolute atomic E-state index is 14.2. The molecular weight excluding hydrogens is 333 g/mol. The number of amides is 2. The molecule has 7 heteroatoms. The molecule has 2 atom stereocenters. The number of carbonyl (C=O) groups excluding carboxylic acids is 2. The zero-order valence-electron chi connectivity index (χ0n) is 13.3. The van der Waals surface area contributed by atoms with Crippen molar-refractivity contribution < 1.29 is 22.8 Å². The van der Waals surface area contributed by atoms with E-state index in [2.05, 4.69) is 10.6 Å². The molecule has 0 unspecified atom stereocenters. The first-order valence-electron chi connectivity index (χ1n) is 7.67. The van der Waals surface area contributed by atoms with Gasteiger partial charge >= 0.3 is 0 Å². The molecule has 0 saturated carbocycles. The van der Waals surface area contributed by atoms with Crippen LogP contribution in [0, 0.1) is 30.3 Å². The normalized spacial score (nSPS) is 19.6. The van der Waals surface area contributed by atoms with E-state index in [1.807, 2.05) is 0 Å². The summed E-state index contributed by atoms with van der Waals surface area (Å²) in [5, 5.41) is 4.74. The van der Waals surface area contributed by atoms with Gasteiger partial charge in [0, 0.05) is 12.5 Å². The Kier molecular flexibility index (Phi) is 4.48. The lowest BCUT2D eigenvalue weighted by Crippen LogP contribution is -2.32. The molecule has 1 heterocycles. The number of hydrogen-bond donors (Lipinski definition) is 2. The quantitative estimate of drug-likeness (QED) is 0.838. The number of rotatable bonds is 3. The average molecular weight is 348 g/mol. The lowest BCUT2D eigenvalue weighted by Gasteiger charge is -2.18. The largest absolute Gasteiger partial charge is 0.355 e. The van der Waals surface area contributed by atoms with Gasteiger partial charge in [0.1, 0.15) is 11.7 Å². The van der Waals surface area contributed by atoms with Crippen LogP contribution in [-0.2, 0) is 9.59 Å². The van der Waals surface area contributed by atoms with Gasteiger partial charge in [-0.15, -0.1) is 0 Å². The smallest absolute Gasteiger partial charge is 0.237 e. The SMILES string of the molecule is Cc1ccc([C@H]2CNC(=O)[C@@H]2C(=O)Nc2cccc(F)c2F)c(F)c1. The Bertz CT molecular complexity index is 854. The van der Waals surface area contributed by atoms with Crippen LogP contribution in [0.25, 0.3) is 0 Å². The van der Waals surface area contributed by atoms with E-state index in [-0.39, 0.29) is 17.8 Å². The van der Waals surface area contributed by atoms with Gasteiger partial charge in [0.25, 0.3) is 0 Å². The molecule has 0 spiro atoms. The maximum Gasteiger partial charge on any atom is 0.237 e. The zero-order valence-corrected chi connectivity index (χ0v) is 13.3. The minimum absolute atomic E-state index is 0.0858. The van der Waals surface area contributed by atoms with Crippen LogP contribution in [0.15, 0.2) is 36.4 Å². The topological polar surface area (TPSA) is 58.2 Å². The van der Waals surface area contributed by atoms with Crippen LogP contribution in [0.3, 0.4) is 0 Å². The van der Waals surface area contributed by atoms with Crippen LogP contribution in [0.5, 0.6) is 0 Å². The number of benzene rings is 2. The number of nitrogens with one attached hydrogen (secondary N) is 2. The van der Waals surface area contributed by atoms with Crippen molar-refractivity contribution in [2.75, 3.05) is 11.9 Å². The van der Waals surface area contributed by atoms with Crippen LogP contribution >= 0.6 is 0 Å². The number of aryl methyl sites for hydroxylation is 1. The molecule has 1 saturated heterocycles. The van der Waals surface area contributed by atoms with E-state index in [0.717, 1.165) is 6.07 Å². The van der Waals surface area contributed by atoms with Gasteiger partial charge in [-0.05, 0) is 36.2 Å². The Morgan fingerprint density at radius 3 is 2.64 bits per heavy atom. The molecule has 1 fully saturated rings. The third-order valence-electron chi connectivity index (χ3n) is 4.23. The van der Waals surface area contributed by atoms with E-state index in [4.69, 9.17) is 0 Å². The first kappa shape index (κ1) is 17.0. The number of carbonyl (C=O) groups is 2. The van der Waals surface area contributed by atoms with Crippen molar-refractivity contribution in [2.45, 2.75) is 12.8 Å². The molecule has 0 radical (unpaired) electrons. The third-order valence-corrected chi connectivity index (χ3v) is 4.23. The molecule has 0 bridgehead atoms. The van der Waals surface area contributed by atoms with E-state index in [1.165, 1.54) is 24.3 Å². The maximum atomic E-state index is 14.2. The van der Waals surface area contributed by atoms with E-state index in [9.17, 15) is 22.8 Å². The summed E-state index contributed by atoms with van der Waals surface area (Å²) in [6.45, 7) is 1.81. The Balaban J connectivity index is 1.89. The van der Waals surface area contributed by atoms with Crippen molar-refractivity contribution in [2.24, 2.45) is 5.92 Å². The second kappa shape index (κ2) is 6.58. The minimum atomic E-state index is -1.24. The lowest BCUT2D eigenvalue weighted by atomic mass is 9.87. The summed E-state index contributed by atoms with van der Waals surface area (Å²) in [5.41, 5.74) is 0.568. The Morgan fingerprint density at radius 2 is 1.92 bits per heavy atom. The van der Waals surface area contributed by atoms with Gasteiger partial charge in [0.15, 0.2) is 11.6 Å². The second-order valence-corrected chi connectivity index (χ2v) is 5.94. The molecule has 130 valence electrons. The van der Waals surface area contributed by atoms with Gasteiger partial charge in [-0.25, -0.2) is 13.2 Å². The molecule has 1 aliphatic rings. The van der Waals surface area contributed by atoms with Crippen LogP contribution in [0.2, 0.25) is 0 Å². The predicted octanol–water partition coefficient (Wildman–Crippen LogP) is 2.88. The Morgan fingerprint density at radius 1 is 1.16 bits per heavy atom. The summed E-state index contributed by atoms with van der Waals surface area (Å²) in [4.78, 5) is 24.5. The molecule has 1 aliphatic heterocycles. The van der Waals surface area contributed by atoms with E-state index in [1.54, 1.807) is 13.0 Å². The first-order chi connectivity index (χ1) is 11.9. The van der Waals surface area contributed by atoms with Crippen molar-refractivity contribution in [1.29, 1.82) is 0 Å². The highest BCUT2D eigenvalue weighted by molar-refractivity contribution is 6.08. The Hall–Kier alpha value is -2.83. The van der Waals surface area contributed by atoms with Crippen molar-refractivity contribution in [1.82, 2.24) is 5.32 Å². The van der Waals surface area contributed by atoms with Crippen LogP contribution in [0.1, 0.15) is 17.0 Å². The molecule has 4 nitrogen and oxygen atoms in total. The highest BCUT2D eigenvalue weighted by Gasteiger charge is 2.42. The number of hydrogen-bond acceptors (Lipinski definition) is 2. The molecule has 2 amide bonds. The van der Waals surface area contributed by atoms with Crippen molar-refractivity contribution in [3.8, 4) is 0 Å². The molecule has 3 rings (SSSR count). The first-order valence-corrected chi connectivity index (χ1v) is 7.67. The van der Waals surface area contributed by atoms with Gasteiger partial charge in [0.2, 0.25) is 11.8 Å². The summed E-state index contributed by atoms with van der Waals surface area (Å²) in [7, 11) is 0. The minimum Gasteiger partial charge on any atom is -0.355 e. The number of halogens is 3. The fraction of sp³-hybridized carbons (Fsp3) is 0.222. The van der Waals surface area contributed by atoms with Gasteiger partial charge in [-0.3, -0.25) is 9.59 Å². The standard InChI is InChI=1S/C18H15F3N2O2/c1-9-5-6-10(13(20)7-9)11-8-22-17(24)15(11)18(25)23-14-4-2-3-12(19)16(14)21/h2-7,11,15H,8H2,1H3,(H,22,24)(H,23,25)/t11-,15-/m1/s1. The summed E-state index contributed by atoms with van der Waals surface area (Å²) >= 11 is 0. The van der Waals surface area contributed by atoms with Crippen LogP contribution in [-0.4, -0.2) is 18.4 Å². The van der Waals surface area contributed by atoms with Crippen molar-refractivity contribution >= 4 is 17.5 Å². The molecule has 0 aromatic heterocycles. The fourth-order valence-electron chi connectivity index (χ4n) is 2.96. The molecule has 2 N–H and O–H groups in total. The van der Waals surface area contributed by atoms with Gasteiger partial charge in [-0.2, -0.15) is 0 Å². The second-order valence-electron chi connectivity index (χ2n) is 5.94. The lowest BCUT2D eigenvalue weighted by molar-refractivity contribution is -0.130. The summed E-state index contributed by atoms with van der Waals surface area (Å²) in [5.74, 6) is -6.22. The highest BCUT2D eigenvalue weighted by Crippen LogP contribution is 2.32. The zero-order chi connectivity index (χ0) is 18.1. The van der Waals surface area contributed by atoms with Crippen molar-refractivity contribution in [3.05, 3.63) is 65.0 Å². The van der Waals surface area contributed by atoms with Crippen molar-refractivity contribution in [3.63, 3.8) is 0 Å². The Labute approximate surface area is 142 Å². The van der Waals surface area contributed by atoms with E-state index in [0.29, 0.717) is 5.56 Å². The molecular formula is C18H15F3N2O2. The van der Waals surface area contributed by atoms with Gasteiger partial charge in [-0.1, -0.05) is 18.2 Å². The monoisotopic (exact) mass is 348 g/mol. The average Bonchev–Trinajstić information content (AvgIpc) is 2.93. The molecule has 25 heavy (non-hydrogen) atoms. The molecule has 2 aromatic rings. The summed E-state index contributed by atoms with van der Waals surface area (Å²) in [6.07, 6.45) is 0. The number of anilines is 1. The van der Waals surface area contributed by atoms with E-state index >= 15 is 0 Å². The van der Waals surface area contributed by atoms with Crippen LogP contribution in [0.4, 0.5) is 18.9 Å². The van der Waals surface area contributed by atoms with E-state index < -0.39 is 41.1 Å². The third kappa shape index (κ3) is 3.22. The summed E-state index contributed by atoms with van der Waals surface area (Å²) in [6, 6.07) is 7.86. The highest BCUT2D eigenvalue weighted by atomic mass is 19.2. The van der Waals surface area contributed by atoms with Gasteiger partial charge < -0.3 is 10.6 Å². The summed E-state index contributed by atoms with van der Waals surface area (Å²) < 4.78 is 41.2. The predicted molar refractivity (Wildman–Crippen MR) is 85.4 cm³/mol. The fourth-order valence-corrected chi connectivity index (χ4v) is 2.96. The molecule has 0 aliphatic carbocycles. The van der Waals surface area contributed by atoms with Crippen LogP contribution < -0.4 is 10.6 Å². The molecule has 2 aromatic carbocycles. The van der Waals surface area contributed by atoms with Gasteiger partial charge in [0.05, 0.1) is 5.69 Å².